The van der Waals surface area contributed by atoms with Crippen LogP contribution in [-0.4, -0.2) is 21.5 Å². The average Bonchev–Trinajstić information content (AvgIpc) is 2.92. The molecule has 1 heterocycles. The second-order valence-corrected chi connectivity index (χ2v) is 6.28. The Hall–Kier alpha value is -2.82. The van der Waals surface area contributed by atoms with E-state index in [1.807, 2.05) is 47.9 Å². The molecule has 0 amide bonds. The lowest BCUT2D eigenvalue weighted by molar-refractivity contribution is 0.0971. The summed E-state index contributed by atoms with van der Waals surface area (Å²) >= 11 is 0. The maximum absolute atomic E-state index is 12.7. The number of fused-ring (bicyclic) bond motifs is 1. The number of hydrogen-bond donors (Lipinski definition) is 1. The summed E-state index contributed by atoms with van der Waals surface area (Å²) in [7, 11) is 0. The molecule has 5 heteroatoms. The smallest absolute Gasteiger partial charge is 0.203 e. The number of aryl methyl sites for hydroxylation is 1. The van der Waals surface area contributed by atoms with Gasteiger partial charge in [-0.15, -0.1) is 0 Å². The first kappa shape index (κ1) is 18.0. The largest absolute Gasteiger partial charge is 0.494 e. The van der Waals surface area contributed by atoms with Crippen LogP contribution in [0.25, 0.3) is 11.0 Å². The van der Waals surface area contributed by atoms with Gasteiger partial charge in [-0.1, -0.05) is 25.5 Å². The van der Waals surface area contributed by atoms with Crippen LogP contribution in [0, 0.1) is 5.41 Å². The van der Waals surface area contributed by atoms with Crippen LogP contribution >= 0.6 is 0 Å². The number of carbonyl (C=O) groups is 1. The zero-order chi connectivity index (χ0) is 18.5. The van der Waals surface area contributed by atoms with Gasteiger partial charge in [0.2, 0.25) is 5.62 Å². The molecule has 0 spiro atoms. The van der Waals surface area contributed by atoms with Gasteiger partial charge < -0.3 is 13.9 Å². The number of rotatable bonds is 8. The van der Waals surface area contributed by atoms with E-state index in [-0.39, 0.29) is 12.3 Å². The Balaban J connectivity index is 1.91. The first-order valence-corrected chi connectivity index (χ1v) is 9.14. The number of aromatic nitrogens is 2. The highest BCUT2D eigenvalue weighted by Gasteiger charge is 2.14. The van der Waals surface area contributed by atoms with Crippen LogP contribution in [0.3, 0.4) is 0 Å². The van der Waals surface area contributed by atoms with Crippen LogP contribution in [0.4, 0.5) is 0 Å². The molecule has 3 rings (SSSR count). The first-order valence-electron chi connectivity index (χ1n) is 9.14. The number of para-hydroxylation sites is 2. The van der Waals surface area contributed by atoms with Gasteiger partial charge in [-0.05, 0) is 49.7 Å². The summed E-state index contributed by atoms with van der Waals surface area (Å²) in [6.45, 7) is 5.62. The molecule has 0 saturated carbocycles. The molecule has 0 aliphatic heterocycles. The third-order valence-corrected chi connectivity index (χ3v) is 4.50. The van der Waals surface area contributed by atoms with Crippen molar-refractivity contribution in [1.82, 2.24) is 9.13 Å². The lowest BCUT2D eigenvalue weighted by Crippen LogP contribution is -2.27. The van der Waals surface area contributed by atoms with Crippen molar-refractivity contribution in [3.63, 3.8) is 0 Å². The summed E-state index contributed by atoms with van der Waals surface area (Å²) in [5.41, 5.74) is 2.93. The van der Waals surface area contributed by atoms with Gasteiger partial charge >= 0.3 is 0 Å². The number of nitrogens with zero attached hydrogens (tertiary/aromatic N) is 2. The van der Waals surface area contributed by atoms with Crippen molar-refractivity contribution in [3.8, 4) is 5.75 Å². The molecule has 0 bridgehead atoms. The lowest BCUT2D eigenvalue weighted by atomic mass is 10.1. The zero-order valence-electron chi connectivity index (χ0n) is 15.4. The summed E-state index contributed by atoms with van der Waals surface area (Å²) in [6.07, 6.45) is 2.08. The Kier molecular flexibility index (Phi) is 5.56. The van der Waals surface area contributed by atoms with E-state index >= 15 is 0 Å². The molecular weight excluding hydrogens is 326 g/mol. The van der Waals surface area contributed by atoms with E-state index < -0.39 is 0 Å². The molecule has 0 aliphatic carbocycles. The number of Topliss-reactive ketones (excluding diaryl/α,β-unsaturated/α-hetero) is 1. The van der Waals surface area contributed by atoms with E-state index in [2.05, 4.69) is 6.92 Å². The molecule has 5 nitrogen and oxygen atoms in total. The van der Waals surface area contributed by atoms with Gasteiger partial charge in [0.05, 0.1) is 24.2 Å². The van der Waals surface area contributed by atoms with Gasteiger partial charge in [-0.2, -0.15) is 0 Å². The minimum Gasteiger partial charge on any atom is -0.494 e. The standard InChI is InChI=1S/C21H25N3O2/c1-3-5-14-23-18-8-6-7-9-19(18)24(21(23)22)15-20(25)16-10-12-17(13-11-16)26-4-2/h6-13,22H,3-5,14-15H2,1-2H3. The van der Waals surface area contributed by atoms with E-state index in [9.17, 15) is 4.79 Å². The summed E-state index contributed by atoms with van der Waals surface area (Å²) in [5, 5.41) is 8.55. The van der Waals surface area contributed by atoms with Crippen LogP contribution < -0.4 is 10.4 Å². The predicted octanol–water partition coefficient (Wildman–Crippen LogP) is 4.00. The Morgan fingerprint density at radius 3 is 2.27 bits per heavy atom. The molecule has 2 aromatic carbocycles. The monoisotopic (exact) mass is 351 g/mol. The molecule has 1 N–H and O–H groups in total. The Morgan fingerprint density at radius 1 is 1.00 bits per heavy atom. The van der Waals surface area contributed by atoms with E-state index in [0.29, 0.717) is 17.8 Å². The second kappa shape index (κ2) is 8.04. The minimum atomic E-state index is -0.00931. The third-order valence-electron chi connectivity index (χ3n) is 4.50. The molecule has 136 valence electrons. The molecule has 0 saturated heterocycles. The van der Waals surface area contributed by atoms with E-state index in [1.54, 1.807) is 16.7 Å². The van der Waals surface area contributed by atoms with Crippen LogP contribution in [0.15, 0.2) is 48.5 Å². The van der Waals surface area contributed by atoms with Gasteiger partial charge in [0.15, 0.2) is 5.78 Å². The minimum absolute atomic E-state index is 0.00931. The molecule has 0 radical (unpaired) electrons. The highest BCUT2D eigenvalue weighted by atomic mass is 16.5. The number of benzene rings is 2. The first-order chi connectivity index (χ1) is 12.7. The number of ketones is 1. The Morgan fingerprint density at radius 2 is 1.65 bits per heavy atom. The Bertz CT molecular complexity index is 952. The van der Waals surface area contributed by atoms with Gasteiger partial charge in [0, 0.05) is 12.1 Å². The van der Waals surface area contributed by atoms with Crippen LogP contribution in [0.5, 0.6) is 5.75 Å². The normalized spacial score (nSPS) is 11.0. The molecule has 3 aromatic rings. The quantitative estimate of drug-likeness (QED) is 0.624. The molecule has 0 aliphatic rings. The molecule has 0 fully saturated rings. The van der Waals surface area contributed by atoms with Crippen molar-refractivity contribution in [1.29, 1.82) is 5.41 Å². The maximum Gasteiger partial charge on any atom is 0.203 e. The average molecular weight is 351 g/mol. The van der Waals surface area contributed by atoms with Gasteiger partial charge in [0.25, 0.3) is 0 Å². The second-order valence-electron chi connectivity index (χ2n) is 6.28. The lowest BCUT2D eigenvalue weighted by Gasteiger charge is -2.06. The van der Waals surface area contributed by atoms with Crippen LogP contribution in [0.2, 0.25) is 0 Å². The number of nitrogens with one attached hydrogen (secondary N) is 1. The topological polar surface area (TPSA) is 60.0 Å². The number of carbonyl (C=O) groups excluding carboxylic acids is 1. The van der Waals surface area contributed by atoms with Crippen molar-refractivity contribution in [2.75, 3.05) is 6.61 Å². The summed E-state index contributed by atoms with van der Waals surface area (Å²) in [6, 6.07) is 15.1. The van der Waals surface area contributed by atoms with Crippen molar-refractivity contribution in [3.05, 3.63) is 59.7 Å². The fourth-order valence-corrected chi connectivity index (χ4v) is 3.14. The maximum atomic E-state index is 12.7. The van der Waals surface area contributed by atoms with Gasteiger partial charge in [-0.3, -0.25) is 10.2 Å². The number of hydrogen-bond acceptors (Lipinski definition) is 3. The SMILES string of the molecule is CCCCn1c(=N)n(CC(=O)c2ccc(OCC)cc2)c2ccccc21. The number of ether oxygens (including phenoxy) is 1. The van der Waals surface area contributed by atoms with Crippen molar-refractivity contribution >= 4 is 16.8 Å². The van der Waals surface area contributed by atoms with Crippen LogP contribution in [-0.2, 0) is 13.1 Å². The summed E-state index contributed by atoms with van der Waals surface area (Å²) < 4.78 is 9.21. The van der Waals surface area contributed by atoms with Gasteiger partial charge in [-0.25, -0.2) is 0 Å². The fourth-order valence-electron chi connectivity index (χ4n) is 3.14. The number of imidazole rings is 1. The van der Waals surface area contributed by atoms with Gasteiger partial charge in [0.1, 0.15) is 5.75 Å². The van der Waals surface area contributed by atoms with Crippen molar-refractivity contribution in [2.45, 2.75) is 39.8 Å². The highest BCUT2D eigenvalue weighted by molar-refractivity contribution is 5.96. The molecule has 26 heavy (non-hydrogen) atoms. The highest BCUT2D eigenvalue weighted by Crippen LogP contribution is 2.16. The molecular formula is C21H25N3O2. The third kappa shape index (κ3) is 3.57. The van der Waals surface area contributed by atoms with E-state index in [1.165, 1.54) is 0 Å². The number of unbranched alkanes of at least 4 members (excludes halogenated alkanes) is 1. The molecule has 0 atom stereocenters. The predicted molar refractivity (Wildman–Crippen MR) is 103 cm³/mol. The fraction of sp³-hybridized carbons (Fsp3) is 0.333. The van der Waals surface area contributed by atoms with E-state index in [0.717, 1.165) is 36.2 Å². The molecule has 1 aromatic heterocycles. The molecule has 0 unspecified atom stereocenters. The van der Waals surface area contributed by atoms with Crippen LogP contribution in [0.1, 0.15) is 37.0 Å². The van der Waals surface area contributed by atoms with Crippen molar-refractivity contribution in [2.24, 2.45) is 0 Å². The summed E-state index contributed by atoms with van der Waals surface area (Å²) in [4.78, 5) is 12.7. The Labute approximate surface area is 153 Å². The summed E-state index contributed by atoms with van der Waals surface area (Å²) in [5.74, 6) is 0.749. The van der Waals surface area contributed by atoms with E-state index in [4.69, 9.17) is 10.1 Å². The van der Waals surface area contributed by atoms with Crippen molar-refractivity contribution < 1.29 is 9.53 Å². The zero-order valence-corrected chi connectivity index (χ0v) is 15.4.